The van der Waals surface area contributed by atoms with Gasteiger partial charge in [-0.2, -0.15) is 0 Å². The molecule has 0 rings (SSSR count). The summed E-state index contributed by atoms with van der Waals surface area (Å²) in [7, 11) is 0. The van der Waals surface area contributed by atoms with Crippen LogP contribution in [-0.2, 0) is 0 Å². The predicted molar refractivity (Wildman–Crippen MR) is 60.8 cm³/mol. The van der Waals surface area contributed by atoms with Gasteiger partial charge in [0.1, 0.15) is 0 Å². The van der Waals surface area contributed by atoms with Gasteiger partial charge in [0.25, 0.3) is 0 Å². The van der Waals surface area contributed by atoms with Crippen LogP contribution >= 0.6 is 15.9 Å². The van der Waals surface area contributed by atoms with Crippen molar-refractivity contribution in [3.05, 3.63) is 24.8 Å². The molecule has 0 spiro atoms. The number of allylic oxidation sites excluding steroid dienone is 3. The van der Waals surface area contributed by atoms with E-state index in [1.807, 2.05) is 12.2 Å². The summed E-state index contributed by atoms with van der Waals surface area (Å²) in [5.41, 5.74) is 0. The SMILES string of the molecule is C=CC=CCCCCCCCBr. The van der Waals surface area contributed by atoms with Gasteiger partial charge in [-0.25, -0.2) is 0 Å². The van der Waals surface area contributed by atoms with Gasteiger partial charge in [-0.3, -0.25) is 0 Å². The molecule has 1 heteroatoms. The largest absolute Gasteiger partial charge is 0.0991 e. The molecule has 0 aliphatic heterocycles. The Balaban J connectivity index is 2.90. The summed E-state index contributed by atoms with van der Waals surface area (Å²) >= 11 is 3.43. The maximum Gasteiger partial charge on any atom is 0.00313 e. The fourth-order valence-electron chi connectivity index (χ4n) is 1.08. The van der Waals surface area contributed by atoms with E-state index in [1.165, 1.54) is 38.5 Å². The fraction of sp³-hybridized carbons (Fsp3) is 0.636. The molecule has 0 aromatic carbocycles. The normalized spacial score (nSPS) is 10.8. The Bertz CT molecular complexity index is 116. The predicted octanol–water partition coefficient (Wildman–Crippen LogP) is 4.46. The Labute approximate surface area is 84.9 Å². The van der Waals surface area contributed by atoms with Gasteiger partial charge in [0.15, 0.2) is 0 Å². The minimum atomic E-state index is 1.16. The van der Waals surface area contributed by atoms with Gasteiger partial charge in [-0.1, -0.05) is 60.0 Å². The third-order valence-electron chi connectivity index (χ3n) is 1.78. The van der Waals surface area contributed by atoms with Crippen molar-refractivity contribution in [3.8, 4) is 0 Å². The highest BCUT2D eigenvalue weighted by Gasteiger charge is 1.87. The third-order valence-corrected chi connectivity index (χ3v) is 2.34. The van der Waals surface area contributed by atoms with E-state index in [1.54, 1.807) is 0 Å². The van der Waals surface area contributed by atoms with Crippen molar-refractivity contribution in [2.24, 2.45) is 0 Å². The first-order valence-electron chi connectivity index (χ1n) is 4.75. The van der Waals surface area contributed by atoms with Crippen molar-refractivity contribution in [2.45, 2.75) is 38.5 Å². The summed E-state index contributed by atoms with van der Waals surface area (Å²) in [6.45, 7) is 3.63. The molecular formula is C11H19Br. The Kier molecular flexibility index (Phi) is 10.9. The van der Waals surface area contributed by atoms with Crippen LogP contribution in [0.4, 0.5) is 0 Å². The molecule has 0 aromatic rings. The minimum absolute atomic E-state index is 1.16. The van der Waals surface area contributed by atoms with Crippen molar-refractivity contribution in [3.63, 3.8) is 0 Å². The molecule has 0 aliphatic rings. The zero-order chi connectivity index (χ0) is 9.07. The molecule has 0 radical (unpaired) electrons. The van der Waals surface area contributed by atoms with Gasteiger partial charge in [0, 0.05) is 5.33 Å². The number of hydrogen-bond donors (Lipinski definition) is 0. The smallest absolute Gasteiger partial charge is 0.00313 e. The molecule has 0 fully saturated rings. The second-order valence-electron chi connectivity index (χ2n) is 2.91. The first-order chi connectivity index (χ1) is 5.91. The molecule has 0 saturated heterocycles. The van der Waals surface area contributed by atoms with Gasteiger partial charge < -0.3 is 0 Å². The zero-order valence-corrected chi connectivity index (χ0v) is 9.35. The summed E-state index contributed by atoms with van der Waals surface area (Å²) in [5, 5.41) is 1.16. The lowest BCUT2D eigenvalue weighted by molar-refractivity contribution is 0.641. The number of rotatable bonds is 8. The van der Waals surface area contributed by atoms with Crippen LogP contribution in [0.15, 0.2) is 24.8 Å². The summed E-state index contributed by atoms with van der Waals surface area (Å²) in [4.78, 5) is 0. The lowest BCUT2D eigenvalue weighted by atomic mass is 10.1. The molecule has 0 saturated carbocycles. The molecule has 12 heavy (non-hydrogen) atoms. The summed E-state index contributed by atoms with van der Waals surface area (Å²) in [5.74, 6) is 0. The van der Waals surface area contributed by atoms with Crippen molar-refractivity contribution in [2.75, 3.05) is 5.33 Å². The van der Waals surface area contributed by atoms with Gasteiger partial charge in [0.05, 0.1) is 0 Å². The molecule has 0 atom stereocenters. The lowest BCUT2D eigenvalue weighted by Crippen LogP contribution is -1.78. The van der Waals surface area contributed by atoms with Crippen LogP contribution in [0.5, 0.6) is 0 Å². The van der Waals surface area contributed by atoms with E-state index in [2.05, 4.69) is 28.6 Å². The van der Waals surface area contributed by atoms with E-state index >= 15 is 0 Å². The Hall–Kier alpha value is -0.0400. The highest BCUT2D eigenvalue weighted by molar-refractivity contribution is 9.09. The zero-order valence-electron chi connectivity index (χ0n) is 7.77. The number of alkyl halides is 1. The van der Waals surface area contributed by atoms with Crippen LogP contribution < -0.4 is 0 Å². The van der Waals surface area contributed by atoms with Crippen molar-refractivity contribution in [1.82, 2.24) is 0 Å². The molecule has 0 bridgehead atoms. The first-order valence-corrected chi connectivity index (χ1v) is 5.87. The quantitative estimate of drug-likeness (QED) is 0.328. The Morgan fingerprint density at radius 3 is 2.33 bits per heavy atom. The highest BCUT2D eigenvalue weighted by atomic mass is 79.9. The number of hydrogen-bond acceptors (Lipinski definition) is 0. The maximum atomic E-state index is 3.63. The van der Waals surface area contributed by atoms with E-state index in [-0.39, 0.29) is 0 Å². The van der Waals surface area contributed by atoms with Gasteiger partial charge >= 0.3 is 0 Å². The monoisotopic (exact) mass is 230 g/mol. The molecule has 0 aliphatic carbocycles. The van der Waals surface area contributed by atoms with Crippen LogP contribution in [-0.4, -0.2) is 5.33 Å². The van der Waals surface area contributed by atoms with Crippen LogP contribution in [0.1, 0.15) is 38.5 Å². The summed E-state index contributed by atoms with van der Waals surface area (Å²) < 4.78 is 0. The van der Waals surface area contributed by atoms with Crippen molar-refractivity contribution in [1.29, 1.82) is 0 Å². The Morgan fingerprint density at radius 2 is 1.67 bits per heavy atom. The highest BCUT2D eigenvalue weighted by Crippen LogP contribution is 2.06. The topological polar surface area (TPSA) is 0 Å². The van der Waals surface area contributed by atoms with Gasteiger partial charge in [-0.15, -0.1) is 0 Å². The van der Waals surface area contributed by atoms with Gasteiger partial charge in [-0.05, 0) is 19.3 Å². The van der Waals surface area contributed by atoms with Crippen LogP contribution in [0, 0.1) is 0 Å². The van der Waals surface area contributed by atoms with E-state index < -0.39 is 0 Å². The Morgan fingerprint density at radius 1 is 1.00 bits per heavy atom. The van der Waals surface area contributed by atoms with E-state index in [9.17, 15) is 0 Å². The average Bonchev–Trinajstić information content (AvgIpc) is 2.10. The second-order valence-corrected chi connectivity index (χ2v) is 3.70. The molecule has 0 aromatic heterocycles. The molecule has 0 unspecified atom stereocenters. The third kappa shape index (κ3) is 9.96. The van der Waals surface area contributed by atoms with Crippen LogP contribution in [0.25, 0.3) is 0 Å². The number of unbranched alkanes of at least 4 members (excludes halogenated alkanes) is 5. The van der Waals surface area contributed by atoms with Crippen LogP contribution in [0.3, 0.4) is 0 Å². The summed E-state index contributed by atoms with van der Waals surface area (Å²) in [6.07, 6.45) is 14.0. The molecule has 0 nitrogen and oxygen atoms in total. The van der Waals surface area contributed by atoms with Crippen molar-refractivity contribution >= 4 is 15.9 Å². The first kappa shape index (κ1) is 12.0. The van der Waals surface area contributed by atoms with E-state index in [4.69, 9.17) is 0 Å². The van der Waals surface area contributed by atoms with E-state index in [0.29, 0.717) is 0 Å². The van der Waals surface area contributed by atoms with Crippen molar-refractivity contribution < 1.29 is 0 Å². The molecule has 0 amide bonds. The molecule has 0 N–H and O–H groups in total. The fourth-order valence-corrected chi connectivity index (χ4v) is 1.48. The standard InChI is InChI=1S/C11H19Br/c1-2-3-4-5-6-7-8-9-10-11-12/h2-4H,1,5-11H2. The molecular weight excluding hydrogens is 212 g/mol. The summed E-state index contributed by atoms with van der Waals surface area (Å²) in [6, 6.07) is 0. The maximum absolute atomic E-state index is 3.63. The van der Waals surface area contributed by atoms with Crippen LogP contribution in [0.2, 0.25) is 0 Å². The average molecular weight is 231 g/mol. The number of halogens is 1. The second kappa shape index (κ2) is 11.0. The van der Waals surface area contributed by atoms with Gasteiger partial charge in [0.2, 0.25) is 0 Å². The van der Waals surface area contributed by atoms with E-state index in [0.717, 1.165) is 5.33 Å². The lowest BCUT2D eigenvalue weighted by Gasteiger charge is -1.96. The minimum Gasteiger partial charge on any atom is -0.0991 e. The molecule has 70 valence electrons. The molecule has 0 heterocycles.